The van der Waals surface area contributed by atoms with Crippen molar-refractivity contribution >= 4 is 28.4 Å². The third kappa shape index (κ3) is 3.52. The molecule has 0 saturated heterocycles. The van der Waals surface area contributed by atoms with Crippen LogP contribution in [0.3, 0.4) is 0 Å². The van der Waals surface area contributed by atoms with Crippen molar-refractivity contribution < 1.29 is 0 Å². The van der Waals surface area contributed by atoms with E-state index >= 15 is 0 Å². The van der Waals surface area contributed by atoms with Crippen LogP contribution < -0.4 is 5.56 Å². The van der Waals surface area contributed by atoms with Crippen LogP contribution >= 0.6 is 11.8 Å². The largest absolute Gasteiger partial charge is 0.301 e. The zero-order valence-corrected chi connectivity index (χ0v) is 19.3. The zero-order chi connectivity index (χ0) is 22.5. The summed E-state index contributed by atoms with van der Waals surface area (Å²) in [5.74, 6) is 3.46. The quantitative estimate of drug-likeness (QED) is 0.362. The summed E-state index contributed by atoms with van der Waals surface area (Å²) in [5, 5.41) is 19.3. The van der Waals surface area contributed by atoms with Crippen LogP contribution in [0.2, 0.25) is 0 Å². The average molecular weight is 458 g/mol. The van der Waals surface area contributed by atoms with E-state index in [4.69, 9.17) is 0 Å². The first kappa shape index (κ1) is 20.2. The molecule has 3 aromatic heterocycles. The lowest BCUT2D eigenvalue weighted by Crippen LogP contribution is -2.20. The molecule has 33 heavy (non-hydrogen) atoms. The Balaban J connectivity index is 1.38. The molecule has 1 fully saturated rings. The second kappa shape index (κ2) is 7.84. The Labute approximate surface area is 194 Å². The van der Waals surface area contributed by atoms with E-state index in [1.54, 1.807) is 23.4 Å². The molecule has 8 nitrogen and oxygen atoms in total. The molecule has 5 aromatic rings. The molecule has 1 aliphatic carbocycles. The highest BCUT2D eigenvalue weighted by Crippen LogP contribution is 2.40. The normalized spacial score (nSPS) is 13.9. The number of thioether (sulfide) groups is 1. The lowest BCUT2D eigenvalue weighted by molar-refractivity contribution is 0.667. The van der Waals surface area contributed by atoms with Gasteiger partial charge in [0.15, 0.2) is 5.16 Å². The molecule has 1 saturated carbocycles. The van der Waals surface area contributed by atoms with Crippen LogP contribution in [0.25, 0.3) is 16.7 Å². The highest BCUT2D eigenvalue weighted by Gasteiger charge is 2.30. The number of hydrogen-bond acceptors (Lipinski definition) is 6. The van der Waals surface area contributed by atoms with Crippen molar-refractivity contribution in [3.63, 3.8) is 0 Å². The highest BCUT2D eigenvalue weighted by atomic mass is 32.2. The van der Waals surface area contributed by atoms with Gasteiger partial charge in [-0.05, 0) is 37.5 Å². The van der Waals surface area contributed by atoms with E-state index in [2.05, 4.69) is 49.2 Å². The summed E-state index contributed by atoms with van der Waals surface area (Å²) >= 11 is 1.61. The van der Waals surface area contributed by atoms with Gasteiger partial charge in [-0.3, -0.25) is 13.8 Å². The molecule has 6 rings (SSSR count). The van der Waals surface area contributed by atoms with Crippen LogP contribution in [0.15, 0.2) is 58.5 Å². The van der Waals surface area contributed by atoms with Crippen LogP contribution in [0, 0.1) is 6.92 Å². The fourth-order valence-electron chi connectivity index (χ4n) is 4.25. The van der Waals surface area contributed by atoms with Crippen LogP contribution in [-0.2, 0) is 19.3 Å². The molecule has 0 bridgehead atoms. The SMILES string of the molecule is Cc1ccc2c(c1)c(=O)n(C)c1nnc(CSc3nnc(C4CC4)n3Cc3ccccc3)n21. The molecular weight excluding hydrogens is 434 g/mol. The highest BCUT2D eigenvalue weighted by molar-refractivity contribution is 7.98. The number of benzene rings is 2. The van der Waals surface area contributed by atoms with Gasteiger partial charge in [-0.15, -0.1) is 20.4 Å². The van der Waals surface area contributed by atoms with Crippen LogP contribution in [-0.4, -0.2) is 33.9 Å². The fraction of sp³-hybridized carbons (Fsp3) is 0.292. The van der Waals surface area contributed by atoms with Gasteiger partial charge >= 0.3 is 0 Å². The molecular formula is C24H23N7OS. The molecule has 166 valence electrons. The number of rotatable bonds is 6. The first-order valence-electron chi connectivity index (χ1n) is 11.0. The summed E-state index contributed by atoms with van der Waals surface area (Å²) < 4.78 is 5.77. The third-order valence-corrected chi connectivity index (χ3v) is 7.11. The maximum Gasteiger partial charge on any atom is 0.262 e. The Morgan fingerprint density at radius 3 is 2.64 bits per heavy atom. The fourth-order valence-corrected chi connectivity index (χ4v) is 5.10. The average Bonchev–Trinajstić information content (AvgIpc) is 3.46. The van der Waals surface area contributed by atoms with E-state index in [1.165, 1.54) is 18.4 Å². The Kier molecular flexibility index (Phi) is 4.79. The molecule has 9 heteroatoms. The van der Waals surface area contributed by atoms with Crippen molar-refractivity contribution in [2.75, 3.05) is 0 Å². The van der Waals surface area contributed by atoms with E-state index < -0.39 is 0 Å². The van der Waals surface area contributed by atoms with Crippen LogP contribution in [0.1, 0.15) is 41.5 Å². The lowest BCUT2D eigenvalue weighted by Gasteiger charge is -2.10. The number of aromatic nitrogens is 7. The number of hydrogen-bond donors (Lipinski definition) is 0. The molecule has 0 atom stereocenters. The number of aryl methyl sites for hydroxylation is 2. The summed E-state index contributed by atoms with van der Waals surface area (Å²) in [6.07, 6.45) is 2.34. The van der Waals surface area contributed by atoms with Crippen molar-refractivity contribution in [1.29, 1.82) is 0 Å². The van der Waals surface area contributed by atoms with Crippen molar-refractivity contribution in [2.24, 2.45) is 7.05 Å². The molecule has 0 aliphatic heterocycles. The molecule has 0 amide bonds. The molecule has 0 unspecified atom stereocenters. The topological polar surface area (TPSA) is 82.9 Å². The first-order chi connectivity index (χ1) is 16.1. The number of fused-ring (bicyclic) bond motifs is 3. The first-order valence-corrected chi connectivity index (χ1v) is 12.0. The van der Waals surface area contributed by atoms with Gasteiger partial charge in [0, 0.05) is 13.0 Å². The van der Waals surface area contributed by atoms with Crippen LogP contribution in [0.5, 0.6) is 0 Å². The monoisotopic (exact) mass is 457 g/mol. The Morgan fingerprint density at radius 1 is 1.03 bits per heavy atom. The standard InChI is InChI=1S/C24H23N7OS/c1-15-8-11-19-18(12-15)22(32)29(2)23-27-25-20(31(19)23)14-33-24-28-26-21(17-9-10-17)30(24)13-16-6-4-3-5-7-16/h3-8,11-12,17H,9-10,13-14H2,1-2H3. The summed E-state index contributed by atoms with van der Waals surface area (Å²) in [6.45, 7) is 2.74. The smallest absolute Gasteiger partial charge is 0.262 e. The summed E-state index contributed by atoms with van der Waals surface area (Å²) in [7, 11) is 1.74. The van der Waals surface area contributed by atoms with Crippen molar-refractivity contribution in [1.82, 2.24) is 33.9 Å². The minimum Gasteiger partial charge on any atom is -0.301 e. The summed E-state index contributed by atoms with van der Waals surface area (Å²) in [5.41, 5.74) is 3.03. The Bertz CT molecular complexity index is 1550. The summed E-state index contributed by atoms with van der Waals surface area (Å²) in [6, 6.07) is 16.3. The molecule has 0 spiro atoms. The van der Waals surface area contributed by atoms with E-state index in [9.17, 15) is 4.79 Å². The van der Waals surface area contributed by atoms with Gasteiger partial charge in [-0.2, -0.15) is 0 Å². The van der Waals surface area contributed by atoms with Crippen molar-refractivity contribution in [2.45, 2.75) is 43.1 Å². The molecule has 0 N–H and O–H groups in total. The summed E-state index contributed by atoms with van der Waals surface area (Å²) in [4.78, 5) is 12.8. The van der Waals surface area contributed by atoms with Gasteiger partial charge in [0.05, 0.1) is 23.2 Å². The van der Waals surface area contributed by atoms with E-state index in [0.29, 0.717) is 22.8 Å². The maximum absolute atomic E-state index is 12.8. The van der Waals surface area contributed by atoms with E-state index in [-0.39, 0.29) is 5.56 Å². The minimum atomic E-state index is -0.0653. The maximum atomic E-state index is 12.8. The van der Waals surface area contributed by atoms with Gasteiger partial charge in [0.25, 0.3) is 5.56 Å². The van der Waals surface area contributed by atoms with Gasteiger partial charge < -0.3 is 4.57 Å². The van der Waals surface area contributed by atoms with Gasteiger partial charge in [-0.25, -0.2) is 0 Å². The van der Waals surface area contributed by atoms with Gasteiger partial charge in [0.2, 0.25) is 5.78 Å². The predicted molar refractivity (Wildman–Crippen MR) is 128 cm³/mol. The third-order valence-electron chi connectivity index (χ3n) is 6.14. The van der Waals surface area contributed by atoms with Crippen molar-refractivity contribution in [3.05, 3.63) is 81.7 Å². The molecule has 0 radical (unpaired) electrons. The van der Waals surface area contributed by atoms with E-state index in [0.717, 1.165) is 34.4 Å². The second-order valence-corrected chi connectivity index (χ2v) is 9.55. The second-order valence-electron chi connectivity index (χ2n) is 8.61. The zero-order valence-electron chi connectivity index (χ0n) is 18.5. The van der Waals surface area contributed by atoms with Gasteiger partial charge in [0.1, 0.15) is 11.6 Å². The lowest BCUT2D eigenvalue weighted by atomic mass is 10.1. The predicted octanol–water partition coefficient (Wildman–Crippen LogP) is 3.70. The van der Waals surface area contributed by atoms with Gasteiger partial charge in [-0.1, -0.05) is 53.7 Å². The van der Waals surface area contributed by atoms with Crippen molar-refractivity contribution in [3.8, 4) is 0 Å². The molecule has 3 heterocycles. The van der Waals surface area contributed by atoms with E-state index in [1.807, 2.05) is 35.6 Å². The van der Waals surface area contributed by atoms with Crippen LogP contribution in [0.4, 0.5) is 0 Å². The minimum absolute atomic E-state index is 0.0653. The molecule has 2 aromatic carbocycles. The Morgan fingerprint density at radius 2 is 1.85 bits per heavy atom. The molecule has 1 aliphatic rings. The Hall–Kier alpha value is -3.46. The number of nitrogens with zero attached hydrogens (tertiary/aromatic N) is 7.